The molecule has 0 N–H and O–H groups in total. The summed E-state index contributed by atoms with van der Waals surface area (Å²) in [6, 6.07) is 2.89. The monoisotopic (exact) mass is 366 g/mol. The Morgan fingerprint density at radius 1 is 1.17 bits per heavy atom. The van der Waals surface area contributed by atoms with E-state index in [2.05, 4.69) is 0 Å². The molecule has 0 spiro atoms. The standard InChI is InChI=1S/C17H18O5S2/c1-9-10(17(20)16-12(18)4-3-5-13(16)19)6-7-14-11(9)8-15(23-2)24(14,21)22/h6-7,15-16H,3-5,8H2,1-2H3. The molecule has 0 saturated heterocycles. The van der Waals surface area contributed by atoms with Crippen molar-refractivity contribution in [2.45, 2.75) is 42.1 Å². The van der Waals surface area contributed by atoms with Gasteiger partial charge in [0.05, 0.1) is 4.90 Å². The smallest absolute Gasteiger partial charge is 0.191 e. The van der Waals surface area contributed by atoms with Gasteiger partial charge in [-0.2, -0.15) is 0 Å². The fourth-order valence-electron chi connectivity index (χ4n) is 3.50. The Bertz CT molecular complexity index is 838. The third kappa shape index (κ3) is 2.54. The number of hydrogen-bond donors (Lipinski definition) is 0. The van der Waals surface area contributed by atoms with Crippen molar-refractivity contribution < 1.29 is 22.8 Å². The van der Waals surface area contributed by atoms with Gasteiger partial charge >= 0.3 is 0 Å². The number of ketones is 3. The third-order valence-electron chi connectivity index (χ3n) is 4.86. The summed E-state index contributed by atoms with van der Waals surface area (Å²) in [6.45, 7) is 1.70. The summed E-state index contributed by atoms with van der Waals surface area (Å²) < 4.78 is 24.3. The summed E-state index contributed by atoms with van der Waals surface area (Å²) in [6.07, 6.45) is 3.08. The Morgan fingerprint density at radius 3 is 2.38 bits per heavy atom. The van der Waals surface area contributed by atoms with Gasteiger partial charge in [-0.05, 0) is 42.9 Å². The van der Waals surface area contributed by atoms with Gasteiger partial charge in [-0.15, -0.1) is 11.8 Å². The van der Waals surface area contributed by atoms with Crippen LogP contribution in [0.1, 0.15) is 40.7 Å². The van der Waals surface area contributed by atoms with Crippen LogP contribution in [0.15, 0.2) is 17.0 Å². The van der Waals surface area contributed by atoms with Crippen LogP contribution >= 0.6 is 11.8 Å². The summed E-state index contributed by atoms with van der Waals surface area (Å²) in [7, 11) is -3.39. The van der Waals surface area contributed by atoms with Crippen molar-refractivity contribution in [2.24, 2.45) is 5.92 Å². The van der Waals surface area contributed by atoms with Crippen molar-refractivity contribution in [3.05, 3.63) is 28.8 Å². The number of benzene rings is 1. The highest BCUT2D eigenvalue weighted by atomic mass is 32.3. The van der Waals surface area contributed by atoms with E-state index in [1.807, 2.05) is 0 Å². The summed E-state index contributed by atoms with van der Waals surface area (Å²) in [4.78, 5) is 37.1. The van der Waals surface area contributed by atoms with Crippen LogP contribution in [-0.4, -0.2) is 36.6 Å². The van der Waals surface area contributed by atoms with Crippen molar-refractivity contribution in [1.82, 2.24) is 0 Å². The van der Waals surface area contributed by atoms with Gasteiger partial charge in [-0.25, -0.2) is 8.42 Å². The van der Waals surface area contributed by atoms with E-state index in [1.54, 1.807) is 13.2 Å². The molecule has 1 atom stereocenters. The van der Waals surface area contributed by atoms with E-state index in [0.717, 1.165) is 0 Å². The maximum Gasteiger partial charge on any atom is 0.191 e. The van der Waals surface area contributed by atoms with Crippen LogP contribution < -0.4 is 0 Å². The van der Waals surface area contributed by atoms with Crippen molar-refractivity contribution in [1.29, 1.82) is 0 Å². The van der Waals surface area contributed by atoms with Crippen LogP contribution in [0.4, 0.5) is 0 Å². The topological polar surface area (TPSA) is 85.3 Å². The quantitative estimate of drug-likeness (QED) is 0.602. The van der Waals surface area contributed by atoms with Crippen molar-refractivity contribution in [2.75, 3.05) is 6.26 Å². The molecule has 0 aromatic heterocycles. The second-order valence-electron chi connectivity index (χ2n) is 6.21. The molecule has 0 radical (unpaired) electrons. The Hall–Kier alpha value is -1.47. The van der Waals surface area contributed by atoms with Crippen LogP contribution in [0.25, 0.3) is 0 Å². The highest BCUT2D eigenvalue weighted by molar-refractivity contribution is 8.13. The number of carbonyl (C=O) groups is 3. The van der Waals surface area contributed by atoms with Gasteiger partial charge in [0.15, 0.2) is 27.2 Å². The van der Waals surface area contributed by atoms with Gasteiger partial charge in [0.25, 0.3) is 0 Å². The molecule has 0 amide bonds. The maximum atomic E-state index is 12.8. The highest BCUT2D eigenvalue weighted by Crippen LogP contribution is 2.39. The molecule has 7 heteroatoms. The average Bonchev–Trinajstić information content (AvgIpc) is 2.79. The molecule has 1 aromatic rings. The van der Waals surface area contributed by atoms with Crippen molar-refractivity contribution in [3.8, 4) is 0 Å². The van der Waals surface area contributed by atoms with Gasteiger partial charge in [-0.1, -0.05) is 0 Å². The highest BCUT2D eigenvalue weighted by Gasteiger charge is 2.41. The van der Waals surface area contributed by atoms with Crippen LogP contribution in [0.5, 0.6) is 0 Å². The van der Waals surface area contributed by atoms with Crippen molar-refractivity contribution in [3.63, 3.8) is 0 Å². The Kier molecular flexibility index (Phi) is 4.42. The Balaban J connectivity index is 2.05. The summed E-state index contributed by atoms with van der Waals surface area (Å²) in [5, 5.41) is 0. The number of fused-ring (bicyclic) bond motifs is 1. The molecule has 1 aliphatic carbocycles. The molecule has 0 bridgehead atoms. The molecule has 1 saturated carbocycles. The largest absolute Gasteiger partial charge is 0.298 e. The third-order valence-corrected chi connectivity index (χ3v) is 8.74. The van der Waals surface area contributed by atoms with Gasteiger partial charge in [0, 0.05) is 24.8 Å². The first-order valence-corrected chi connectivity index (χ1v) is 10.6. The zero-order valence-electron chi connectivity index (χ0n) is 13.5. The lowest BCUT2D eigenvalue weighted by molar-refractivity contribution is -0.133. The van der Waals surface area contributed by atoms with Crippen LogP contribution in [0.2, 0.25) is 0 Å². The van der Waals surface area contributed by atoms with Gasteiger partial charge < -0.3 is 0 Å². The van der Waals surface area contributed by atoms with E-state index in [-0.39, 0.29) is 29.3 Å². The number of Topliss-reactive ketones (excluding diaryl/α,β-unsaturated/α-hetero) is 3. The maximum absolute atomic E-state index is 12.8. The minimum atomic E-state index is -3.39. The number of hydrogen-bond acceptors (Lipinski definition) is 6. The fourth-order valence-corrected chi connectivity index (χ4v) is 6.66. The van der Waals surface area contributed by atoms with Crippen molar-refractivity contribution >= 4 is 38.9 Å². The molecule has 1 aliphatic heterocycles. The Labute approximate surface area is 145 Å². The first-order valence-electron chi connectivity index (χ1n) is 7.78. The lowest BCUT2D eigenvalue weighted by Gasteiger charge is -2.19. The van der Waals surface area contributed by atoms with Crippen LogP contribution in [-0.2, 0) is 25.8 Å². The predicted octanol–water partition coefficient (Wildman–Crippen LogP) is 2.13. The van der Waals surface area contributed by atoms with E-state index >= 15 is 0 Å². The molecule has 5 nitrogen and oxygen atoms in total. The molecule has 1 aromatic carbocycles. The molecular formula is C17H18O5S2. The predicted molar refractivity (Wildman–Crippen MR) is 91.1 cm³/mol. The second-order valence-corrected chi connectivity index (χ2v) is 9.65. The zero-order chi connectivity index (χ0) is 17.6. The number of sulfone groups is 1. The average molecular weight is 366 g/mol. The number of carbonyl (C=O) groups excluding carboxylic acids is 3. The lowest BCUT2D eigenvalue weighted by Crippen LogP contribution is -2.35. The second kappa shape index (κ2) is 6.11. The van der Waals surface area contributed by atoms with Crippen LogP contribution in [0.3, 0.4) is 0 Å². The molecule has 1 unspecified atom stereocenters. The minimum Gasteiger partial charge on any atom is -0.298 e. The Morgan fingerprint density at radius 2 is 1.79 bits per heavy atom. The van der Waals surface area contributed by atoms with E-state index < -0.39 is 26.1 Å². The fraction of sp³-hybridized carbons (Fsp3) is 0.471. The first-order chi connectivity index (χ1) is 11.3. The zero-order valence-corrected chi connectivity index (χ0v) is 15.1. The molecule has 1 fully saturated rings. The molecule has 128 valence electrons. The van der Waals surface area contributed by atoms with Gasteiger partial charge in [0.2, 0.25) is 0 Å². The van der Waals surface area contributed by atoms with E-state index in [1.165, 1.54) is 23.9 Å². The van der Waals surface area contributed by atoms with Gasteiger partial charge in [0.1, 0.15) is 10.5 Å². The summed E-state index contributed by atoms with van der Waals surface area (Å²) in [5.74, 6) is -2.36. The molecule has 2 aliphatic rings. The van der Waals surface area contributed by atoms with E-state index in [9.17, 15) is 22.8 Å². The lowest BCUT2D eigenvalue weighted by atomic mass is 9.80. The molecule has 1 heterocycles. The van der Waals surface area contributed by atoms with Crippen LogP contribution in [0, 0.1) is 12.8 Å². The van der Waals surface area contributed by atoms with Gasteiger partial charge in [-0.3, -0.25) is 14.4 Å². The molecular weight excluding hydrogens is 348 g/mol. The number of thioether (sulfide) groups is 1. The normalized spacial score (nSPS) is 23.3. The van der Waals surface area contributed by atoms with E-state index in [4.69, 9.17) is 0 Å². The molecule has 3 rings (SSSR count). The summed E-state index contributed by atoms with van der Waals surface area (Å²) in [5.41, 5.74) is 1.50. The summed E-state index contributed by atoms with van der Waals surface area (Å²) >= 11 is 1.27. The van der Waals surface area contributed by atoms with E-state index in [0.29, 0.717) is 29.5 Å². The first kappa shape index (κ1) is 17.4. The number of rotatable bonds is 3. The SMILES string of the molecule is CSC1Cc2c(ccc(C(=O)C3C(=O)CCCC3=O)c2C)S1(=O)=O. The minimum absolute atomic E-state index is 0.245. The molecule has 24 heavy (non-hydrogen) atoms.